The summed E-state index contributed by atoms with van der Waals surface area (Å²) in [6, 6.07) is 9.61. The van der Waals surface area contributed by atoms with Gasteiger partial charge in [-0.3, -0.25) is 38.6 Å². The first-order valence-electron chi connectivity index (χ1n) is 20.6. The molecule has 1 unspecified atom stereocenters. The number of carbonyl (C=O) groups is 3. The number of piperidine rings is 2. The number of carbonyl (C=O) groups excluding carboxylic acids is 3. The zero-order valence-electron chi connectivity index (χ0n) is 34.6. The van der Waals surface area contributed by atoms with Gasteiger partial charge in [-0.25, -0.2) is 9.97 Å². The van der Waals surface area contributed by atoms with Crippen LogP contribution in [0.2, 0.25) is 5.02 Å². The molecule has 3 fully saturated rings. The number of nitrogens with zero attached hydrogens (tertiary/aromatic N) is 9. The van der Waals surface area contributed by atoms with Crippen LogP contribution in [0.3, 0.4) is 0 Å². The van der Waals surface area contributed by atoms with E-state index in [4.69, 9.17) is 26.4 Å². The van der Waals surface area contributed by atoms with Gasteiger partial charge in [0, 0.05) is 88.8 Å². The Bertz CT molecular complexity index is 2510. The molecule has 0 spiro atoms. The van der Waals surface area contributed by atoms with Crippen LogP contribution >= 0.6 is 11.6 Å². The molecule has 5 aromatic rings. The molecule has 7 heterocycles. The third-order valence-electron chi connectivity index (χ3n) is 12.0. The highest BCUT2D eigenvalue weighted by atomic mass is 35.5. The van der Waals surface area contributed by atoms with Crippen LogP contribution in [0.5, 0.6) is 5.75 Å². The predicted molar refractivity (Wildman–Crippen MR) is 230 cm³/mol. The molecule has 3 amide bonds. The highest BCUT2D eigenvalue weighted by molar-refractivity contribution is 6.33. The lowest BCUT2D eigenvalue weighted by atomic mass is 9.86. The summed E-state index contributed by atoms with van der Waals surface area (Å²) in [4.78, 5) is 70.6. The van der Waals surface area contributed by atoms with Gasteiger partial charge >= 0.3 is 0 Å². The molecule has 3 aliphatic heterocycles. The summed E-state index contributed by atoms with van der Waals surface area (Å²) >= 11 is 6.62. The van der Waals surface area contributed by atoms with Gasteiger partial charge in [-0.15, -0.1) is 0 Å². The van der Waals surface area contributed by atoms with Gasteiger partial charge in [-0.2, -0.15) is 10.1 Å². The van der Waals surface area contributed by atoms with E-state index in [2.05, 4.69) is 65.7 Å². The topological polar surface area (TPSA) is 185 Å². The number of likely N-dealkylation sites (N-methyl/N-ethyl adjacent to an activating group) is 1. The minimum absolute atomic E-state index is 0.0597. The fraction of sp³-hybridized carbons (Fsp3) is 0.476. The molecule has 3 aliphatic rings. The normalized spacial score (nSPS) is 20.2. The number of fused-ring (bicyclic) bond motifs is 2. The van der Waals surface area contributed by atoms with Crippen molar-refractivity contribution in [2.45, 2.75) is 52.0 Å². The minimum atomic E-state index is -0.419. The van der Waals surface area contributed by atoms with Crippen LogP contribution in [-0.2, 0) is 21.4 Å². The number of pyridine rings is 2. The van der Waals surface area contributed by atoms with E-state index in [1.165, 1.54) is 7.05 Å². The molecule has 0 bridgehead atoms. The van der Waals surface area contributed by atoms with Crippen molar-refractivity contribution in [2.75, 3.05) is 74.6 Å². The summed E-state index contributed by atoms with van der Waals surface area (Å²) in [5.41, 5.74) is 3.60. The maximum absolute atomic E-state index is 13.2. The lowest BCUT2D eigenvalue weighted by molar-refractivity contribution is -0.134. The van der Waals surface area contributed by atoms with Crippen molar-refractivity contribution >= 4 is 74.4 Å². The smallest absolute Gasteiger partial charge is 0.294 e. The van der Waals surface area contributed by atoms with Crippen LogP contribution in [0.4, 0.5) is 23.1 Å². The van der Waals surface area contributed by atoms with E-state index in [1.54, 1.807) is 23.0 Å². The fourth-order valence-electron chi connectivity index (χ4n) is 8.65. The second-order valence-electron chi connectivity index (χ2n) is 16.3. The first-order chi connectivity index (χ1) is 28.9. The Labute approximate surface area is 352 Å². The van der Waals surface area contributed by atoms with Gasteiger partial charge < -0.3 is 25.2 Å². The molecule has 0 radical (unpaired) electrons. The molecule has 8 rings (SSSR count). The summed E-state index contributed by atoms with van der Waals surface area (Å²) in [5, 5.41) is 14.9. The Hall–Kier alpha value is -5.81. The first-order valence-corrected chi connectivity index (χ1v) is 21.0. The number of ether oxygens (including phenoxy) is 1. The van der Waals surface area contributed by atoms with Crippen LogP contribution in [0.1, 0.15) is 57.7 Å². The van der Waals surface area contributed by atoms with Crippen molar-refractivity contribution in [1.82, 2.24) is 44.8 Å². The highest BCUT2D eigenvalue weighted by Gasteiger charge is 2.33. The zero-order valence-corrected chi connectivity index (χ0v) is 35.3. The van der Waals surface area contributed by atoms with E-state index in [1.807, 2.05) is 31.6 Å². The van der Waals surface area contributed by atoms with Gasteiger partial charge in [0.1, 0.15) is 10.7 Å². The van der Waals surface area contributed by atoms with Crippen LogP contribution < -0.4 is 36.0 Å². The third-order valence-corrected chi connectivity index (χ3v) is 12.3. The van der Waals surface area contributed by atoms with Crippen LogP contribution in [0.25, 0.3) is 21.9 Å². The Balaban J connectivity index is 0.879. The van der Waals surface area contributed by atoms with Gasteiger partial charge in [-0.05, 0) is 68.9 Å². The lowest BCUT2D eigenvalue weighted by Gasteiger charge is -2.42. The Morgan fingerprint density at radius 1 is 1.02 bits per heavy atom. The summed E-state index contributed by atoms with van der Waals surface area (Å²) in [6.45, 7) is 12.3. The maximum atomic E-state index is 13.2. The summed E-state index contributed by atoms with van der Waals surface area (Å²) < 4.78 is 8.99. The fourth-order valence-corrected chi connectivity index (χ4v) is 8.79. The van der Waals surface area contributed by atoms with Gasteiger partial charge in [0.05, 0.1) is 35.2 Å². The largest absolute Gasteiger partial charge is 0.478 e. The highest BCUT2D eigenvalue weighted by Crippen LogP contribution is 2.34. The monoisotopic (exact) mass is 838 g/mol. The number of imide groups is 1. The van der Waals surface area contributed by atoms with Crippen molar-refractivity contribution in [3.63, 3.8) is 0 Å². The number of amides is 3. The minimum Gasteiger partial charge on any atom is -0.478 e. The third kappa shape index (κ3) is 8.32. The molecular formula is C42H51ClN12O5. The lowest BCUT2D eigenvalue weighted by Crippen LogP contribution is -2.50. The summed E-state index contributed by atoms with van der Waals surface area (Å²) in [6.07, 6.45) is 5.06. The SMILES string of the molecule is CNC(=O)COc1cc2cc(Nc3nc(N4CC[C@@H](CN5CCN(c6ccc7c(C8CCC(=O)NC8=O)nn(C)c7c6)CC5)[C@H](C)C4)ncc3Cl)cnc2n(C(C)C)c1=O. The van der Waals surface area contributed by atoms with Crippen molar-refractivity contribution in [2.24, 2.45) is 18.9 Å². The number of piperazine rings is 1. The number of halogens is 1. The number of benzene rings is 1. The molecule has 3 N–H and O–H groups in total. The molecular weight excluding hydrogens is 788 g/mol. The van der Waals surface area contributed by atoms with E-state index >= 15 is 0 Å². The van der Waals surface area contributed by atoms with Crippen LogP contribution in [0.15, 0.2) is 47.5 Å². The average molecular weight is 839 g/mol. The predicted octanol–water partition coefficient (Wildman–Crippen LogP) is 3.98. The van der Waals surface area contributed by atoms with Crippen LogP contribution in [-0.4, -0.2) is 111 Å². The second-order valence-corrected chi connectivity index (χ2v) is 16.7. The molecule has 17 nitrogen and oxygen atoms in total. The first kappa shape index (κ1) is 40.9. The zero-order chi connectivity index (χ0) is 42.2. The molecule has 18 heteroatoms. The van der Waals surface area contributed by atoms with Gasteiger partial charge in [0.2, 0.25) is 17.8 Å². The number of aryl methyl sites for hydroxylation is 1. The molecule has 4 aromatic heterocycles. The average Bonchev–Trinajstić information content (AvgIpc) is 3.56. The van der Waals surface area contributed by atoms with Crippen molar-refractivity contribution in [3.8, 4) is 5.75 Å². The van der Waals surface area contributed by atoms with E-state index in [0.717, 1.165) is 74.5 Å². The van der Waals surface area contributed by atoms with Crippen LogP contribution in [0, 0.1) is 11.8 Å². The Morgan fingerprint density at radius 3 is 2.55 bits per heavy atom. The molecule has 0 saturated carbocycles. The summed E-state index contributed by atoms with van der Waals surface area (Å²) in [5.74, 6) is 0.800. The number of aromatic nitrogens is 6. The molecule has 1 aromatic carbocycles. The van der Waals surface area contributed by atoms with Gasteiger partial charge in [0.25, 0.3) is 11.5 Å². The van der Waals surface area contributed by atoms with Gasteiger partial charge in [-0.1, -0.05) is 18.5 Å². The molecule has 60 heavy (non-hydrogen) atoms. The van der Waals surface area contributed by atoms with E-state index in [0.29, 0.717) is 58.2 Å². The Kier molecular flexibility index (Phi) is 11.6. The number of hydrogen-bond acceptors (Lipinski definition) is 13. The number of hydrogen-bond donors (Lipinski definition) is 3. The van der Waals surface area contributed by atoms with Crippen molar-refractivity contribution in [3.05, 3.63) is 63.8 Å². The maximum Gasteiger partial charge on any atom is 0.294 e. The number of anilines is 4. The van der Waals surface area contributed by atoms with E-state index in [-0.39, 0.29) is 41.7 Å². The number of rotatable bonds is 11. The molecule has 3 saturated heterocycles. The van der Waals surface area contributed by atoms with Gasteiger partial charge in [0.15, 0.2) is 18.2 Å². The Morgan fingerprint density at radius 2 is 1.82 bits per heavy atom. The standard InChI is InChI=1S/C42H51ClN12O5/c1-24(2)55-39-27(17-34(41(55)59)60-23-36(57)44-4)16-28(19-45-39)47-38-32(43)20-46-42(49-38)54-11-10-26(25(3)21-54)22-52-12-14-53(15-13-52)29-6-7-30-33(18-29)51(5)50-37(30)31-8-9-35(56)48-40(31)58/h6-7,16-20,24-26,31H,8-15,21-23H2,1-5H3,(H,44,57)(H,46,47,49)(H,48,56,58)/t25-,26+,31?/m1/s1. The summed E-state index contributed by atoms with van der Waals surface area (Å²) in [7, 11) is 3.42. The number of nitrogens with one attached hydrogen (secondary N) is 3. The van der Waals surface area contributed by atoms with Crippen molar-refractivity contribution < 1.29 is 19.1 Å². The van der Waals surface area contributed by atoms with E-state index in [9.17, 15) is 19.2 Å². The molecule has 0 aliphatic carbocycles. The second kappa shape index (κ2) is 17.0. The van der Waals surface area contributed by atoms with Crippen molar-refractivity contribution in [1.29, 1.82) is 0 Å². The molecule has 3 atom stereocenters. The van der Waals surface area contributed by atoms with E-state index < -0.39 is 5.92 Å². The quantitative estimate of drug-likeness (QED) is 0.163. The molecule has 316 valence electrons.